The van der Waals surface area contributed by atoms with Crippen molar-refractivity contribution < 1.29 is 26.3 Å². The minimum atomic E-state index is -4.53. The molecular formula is C52H42F6. The molecule has 0 aliphatic carbocycles. The van der Waals surface area contributed by atoms with Gasteiger partial charge in [-0.15, -0.1) is 0 Å². The van der Waals surface area contributed by atoms with Crippen molar-refractivity contribution in [3.05, 3.63) is 168 Å². The van der Waals surface area contributed by atoms with Crippen molar-refractivity contribution in [2.75, 3.05) is 0 Å². The van der Waals surface area contributed by atoms with Gasteiger partial charge in [-0.3, -0.25) is 0 Å². The summed E-state index contributed by atoms with van der Waals surface area (Å²) in [6, 6.07) is 43.3. The van der Waals surface area contributed by atoms with Gasteiger partial charge in [0.25, 0.3) is 0 Å². The van der Waals surface area contributed by atoms with Gasteiger partial charge in [0, 0.05) is 0 Å². The van der Waals surface area contributed by atoms with Crippen molar-refractivity contribution in [1.29, 1.82) is 0 Å². The number of rotatable bonds is 4. The van der Waals surface area contributed by atoms with Crippen LogP contribution in [0.25, 0.3) is 76.8 Å². The molecule has 0 aromatic heterocycles. The molecule has 0 nitrogen and oxygen atoms in total. The number of fused-ring (bicyclic) bond motifs is 3. The Morgan fingerprint density at radius 1 is 0.276 bits per heavy atom. The van der Waals surface area contributed by atoms with Crippen LogP contribution in [0.15, 0.2) is 146 Å². The molecule has 0 amide bonds. The summed E-state index contributed by atoms with van der Waals surface area (Å²) in [6.45, 7) is 12.9. The lowest BCUT2D eigenvalue weighted by atomic mass is 9.77. The topological polar surface area (TPSA) is 0 Å². The van der Waals surface area contributed by atoms with Crippen molar-refractivity contribution in [1.82, 2.24) is 0 Å². The van der Waals surface area contributed by atoms with E-state index in [0.717, 1.165) is 101 Å². The average Bonchev–Trinajstić information content (AvgIpc) is 3.18. The lowest BCUT2D eigenvalue weighted by Gasteiger charge is -2.26. The molecule has 0 N–H and O–H groups in total. The van der Waals surface area contributed by atoms with E-state index in [1.165, 1.54) is 24.3 Å². The minimum Gasteiger partial charge on any atom is -0.166 e. The highest BCUT2D eigenvalue weighted by Gasteiger charge is 2.32. The van der Waals surface area contributed by atoms with Crippen LogP contribution in [0.1, 0.15) is 63.8 Å². The molecule has 0 bridgehead atoms. The van der Waals surface area contributed by atoms with Crippen LogP contribution in [0, 0.1) is 0 Å². The smallest absolute Gasteiger partial charge is 0.166 e. The zero-order valence-electron chi connectivity index (χ0n) is 33.1. The monoisotopic (exact) mass is 780 g/mol. The Balaban J connectivity index is 1.65. The van der Waals surface area contributed by atoms with Gasteiger partial charge in [0.15, 0.2) is 0 Å². The standard InChI is InChI=1S/C52H42F6/c1-49(2,3)35-23-15-31(16-24-35)43-39-11-7-8-12-40(39)44(32-17-25-36(26-18-32)50(4,5)6)48-46(34-21-29-38(30-22-34)52(56,57)58)42-14-10-9-13-41(42)45(47(43)48)33-19-27-37(28-20-33)51(53,54)55/h7-30H,1-6H3. The molecule has 8 aromatic carbocycles. The van der Waals surface area contributed by atoms with E-state index >= 15 is 0 Å². The summed E-state index contributed by atoms with van der Waals surface area (Å²) >= 11 is 0. The molecule has 0 heterocycles. The Morgan fingerprint density at radius 2 is 0.483 bits per heavy atom. The third kappa shape index (κ3) is 6.93. The third-order valence-electron chi connectivity index (χ3n) is 11.3. The lowest BCUT2D eigenvalue weighted by Crippen LogP contribution is -2.10. The van der Waals surface area contributed by atoms with E-state index < -0.39 is 23.5 Å². The van der Waals surface area contributed by atoms with E-state index in [1.54, 1.807) is 0 Å². The van der Waals surface area contributed by atoms with Crippen LogP contribution in [0.4, 0.5) is 26.3 Å². The Hall–Kier alpha value is -5.88. The molecular weight excluding hydrogens is 739 g/mol. The first-order valence-corrected chi connectivity index (χ1v) is 19.3. The van der Waals surface area contributed by atoms with Gasteiger partial charge in [-0.2, -0.15) is 26.3 Å². The molecule has 0 unspecified atom stereocenters. The summed E-state index contributed by atoms with van der Waals surface area (Å²) in [5.41, 5.74) is 6.76. The summed E-state index contributed by atoms with van der Waals surface area (Å²) in [6.07, 6.45) is -9.06. The van der Waals surface area contributed by atoms with Gasteiger partial charge in [0.2, 0.25) is 0 Å². The molecule has 0 saturated heterocycles. The highest BCUT2D eigenvalue weighted by atomic mass is 19.4. The van der Waals surface area contributed by atoms with E-state index in [4.69, 9.17) is 0 Å². The van der Waals surface area contributed by atoms with E-state index in [1.807, 2.05) is 36.4 Å². The number of alkyl halides is 6. The summed E-state index contributed by atoms with van der Waals surface area (Å²) in [5.74, 6) is 0. The largest absolute Gasteiger partial charge is 0.416 e. The Kier molecular flexibility index (Phi) is 9.34. The van der Waals surface area contributed by atoms with Crippen LogP contribution >= 0.6 is 0 Å². The molecule has 0 aliphatic rings. The van der Waals surface area contributed by atoms with E-state index in [-0.39, 0.29) is 10.8 Å². The summed E-state index contributed by atoms with van der Waals surface area (Å²) < 4.78 is 84.1. The van der Waals surface area contributed by atoms with Gasteiger partial charge in [-0.25, -0.2) is 0 Å². The van der Waals surface area contributed by atoms with Crippen molar-refractivity contribution in [2.45, 2.75) is 64.7 Å². The highest BCUT2D eigenvalue weighted by Crippen LogP contribution is 2.54. The zero-order chi connectivity index (χ0) is 41.4. The zero-order valence-corrected chi connectivity index (χ0v) is 33.1. The van der Waals surface area contributed by atoms with Crippen LogP contribution in [-0.4, -0.2) is 0 Å². The normalized spacial score (nSPS) is 12.8. The quantitative estimate of drug-likeness (QED) is 0.123. The highest BCUT2D eigenvalue weighted by molar-refractivity contribution is 6.33. The number of halogens is 6. The maximum absolute atomic E-state index is 14.0. The van der Waals surface area contributed by atoms with E-state index in [0.29, 0.717) is 11.1 Å². The SMILES string of the molecule is CC(C)(C)c1ccc(-c2c3ccccc3c(-c3ccc(C(C)(C)C)cc3)c3c(-c4ccc(C(F)(F)F)cc4)c4ccccc4c(-c4ccc(C(F)(F)F)cc4)c23)cc1. The van der Waals surface area contributed by atoms with Gasteiger partial charge in [0.1, 0.15) is 0 Å². The second-order valence-corrected chi connectivity index (χ2v) is 17.1. The molecule has 292 valence electrons. The fourth-order valence-electron chi connectivity index (χ4n) is 8.25. The van der Waals surface area contributed by atoms with Crippen LogP contribution in [0.5, 0.6) is 0 Å². The molecule has 0 fully saturated rings. The fraction of sp³-hybridized carbons (Fsp3) is 0.192. The molecule has 6 heteroatoms. The number of hydrogen-bond acceptors (Lipinski definition) is 0. The van der Waals surface area contributed by atoms with Crippen LogP contribution in [0.3, 0.4) is 0 Å². The summed E-state index contributed by atoms with van der Waals surface area (Å²) in [4.78, 5) is 0. The van der Waals surface area contributed by atoms with Gasteiger partial charge in [-0.05, 0) is 123 Å². The Labute approximate surface area is 334 Å². The van der Waals surface area contributed by atoms with Crippen molar-refractivity contribution in [3.8, 4) is 44.5 Å². The van der Waals surface area contributed by atoms with Crippen molar-refractivity contribution in [2.24, 2.45) is 0 Å². The summed E-state index contributed by atoms with van der Waals surface area (Å²) in [5, 5.41) is 5.00. The number of benzene rings is 8. The minimum absolute atomic E-state index is 0.122. The molecule has 0 atom stereocenters. The van der Waals surface area contributed by atoms with Gasteiger partial charge < -0.3 is 0 Å². The van der Waals surface area contributed by atoms with Crippen molar-refractivity contribution >= 4 is 32.3 Å². The predicted molar refractivity (Wildman–Crippen MR) is 228 cm³/mol. The van der Waals surface area contributed by atoms with Gasteiger partial charge in [-0.1, -0.05) is 163 Å². The average molecular weight is 781 g/mol. The Bertz CT molecular complexity index is 2420. The third-order valence-corrected chi connectivity index (χ3v) is 11.3. The molecule has 8 aromatic rings. The predicted octanol–water partition coefficient (Wildman–Crippen LogP) is 16.4. The van der Waals surface area contributed by atoms with Crippen LogP contribution in [0.2, 0.25) is 0 Å². The van der Waals surface area contributed by atoms with Gasteiger partial charge in [0.05, 0.1) is 11.1 Å². The molecule has 0 aliphatic heterocycles. The first-order chi connectivity index (χ1) is 27.3. The van der Waals surface area contributed by atoms with E-state index in [9.17, 15) is 26.3 Å². The molecule has 0 saturated carbocycles. The lowest BCUT2D eigenvalue weighted by molar-refractivity contribution is -0.138. The first kappa shape index (κ1) is 39.0. The molecule has 0 spiro atoms. The van der Waals surface area contributed by atoms with E-state index in [2.05, 4.69) is 102 Å². The Morgan fingerprint density at radius 3 is 0.672 bits per heavy atom. The molecule has 58 heavy (non-hydrogen) atoms. The van der Waals surface area contributed by atoms with Gasteiger partial charge >= 0.3 is 12.4 Å². The van der Waals surface area contributed by atoms with Crippen molar-refractivity contribution in [3.63, 3.8) is 0 Å². The first-order valence-electron chi connectivity index (χ1n) is 19.3. The van der Waals surface area contributed by atoms with Crippen LogP contribution in [-0.2, 0) is 23.2 Å². The maximum atomic E-state index is 14.0. The second kappa shape index (κ2) is 13.9. The molecule has 0 radical (unpaired) electrons. The molecule has 8 rings (SSSR count). The maximum Gasteiger partial charge on any atom is 0.416 e. The number of hydrogen-bond donors (Lipinski definition) is 0. The second-order valence-electron chi connectivity index (χ2n) is 17.1. The van der Waals surface area contributed by atoms with Crippen LogP contribution < -0.4 is 0 Å². The fourth-order valence-corrected chi connectivity index (χ4v) is 8.25. The summed E-state index contributed by atoms with van der Waals surface area (Å²) in [7, 11) is 0.